The van der Waals surface area contributed by atoms with Crippen molar-refractivity contribution in [3.8, 4) is 22.6 Å². The Morgan fingerprint density at radius 1 is 0.828 bits per heavy atom. The highest BCUT2D eigenvalue weighted by atomic mass is 19.4. The van der Waals surface area contributed by atoms with Crippen molar-refractivity contribution in [2.24, 2.45) is 0 Å². The number of rotatable bonds is 7. The molecule has 0 saturated heterocycles. The second kappa shape index (κ2) is 8.68. The van der Waals surface area contributed by atoms with E-state index in [1.807, 2.05) is 30.3 Å². The van der Waals surface area contributed by atoms with Gasteiger partial charge < -0.3 is 14.6 Å². The molecule has 0 radical (unpaired) electrons. The zero-order valence-electron chi connectivity index (χ0n) is 15.1. The van der Waals surface area contributed by atoms with Crippen LogP contribution in [0.3, 0.4) is 0 Å². The zero-order chi connectivity index (χ0) is 20.9. The highest BCUT2D eigenvalue weighted by Crippen LogP contribution is 2.31. The van der Waals surface area contributed by atoms with Gasteiger partial charge in [-0.2, -0.15) is 0 Å². The zero-order valence-corrected chi connectivity index (χ0v) is 15.1. The molecular weight excluding hydrogens is 385 g/mol. The van der Waals surface area contributed by atoms with E-state index in [-0.39, 0.29) is 18.8 Å². The Labute approximate surface area is 165 Å². The molecule has 1 N–H and O–H groups in total. The highest BCUT2D eigenvalue weighted by Gasteiger charge is 2.31. The number of carboxylic acid groups (broad SMARTS) is 1. The molecule has 29 heavy (non-hydrogen) atoms. The van der Waals surface area contributed by atoms with E-state index in [4.69, 9.17) is 9.84 Å². The largest absolute Gasteiger partial charge is 0.573 e. The lowest BCUT2D eigenvalue weighted by atomic mass is 10.0. The molecule has 3 aromatic rings. The van der Waals surface area contributed by atoms with E-state index in [9.17, 15) is 18.0 Å². The summed E-state index contributed by atoms with van der Waals surface area (Å²) in [6, 6.07) is 19.8. The third kappa shape index (κ3) is 6.27. The molecule has 0 atom stereocenters. The molecule has 0 aliphatic carbocycles. The van der Waals surface area contributed by atoms with E-state index in [1.54, 1.807) is 24.3 Å². The van der Waals surface area contributed by atoms with Crippen molar-refractivity contribution in [3.05, 3.63) is 83.9 Å². The van der Waals surface area contributed by atoms with Gasteiger partial charge in [0.25, 0.3) is 0 Å². The Hall–Kier alpha value is -3.48. The number of carboxylic acids is 1. The number of ether oxygens (including phenoxy) is 2. The van der Waals surface area contributed by atoms with Crippen LogP contribution in [-0.2, 0) is 17.8 Å². The number of hydrogen-bond acceptors (Lipinski definition) is 3. The van der Waals surface area contributed by atoms with Crippen LogP contribution in [0.2, 0.25) is 0 Å². The molecule has 150 valence electrons. The average Bonchev–Trinajstić information content (AvgIpc) is 2.65. The molecule has 0 fully saturated rings. The van der Waals surface area contributed by atoms with Gasteiger partial charge in [0.05, 0.1) is 6.42 Å². The van der Waals surface area contributed by atoms with Crippen LogP contribution in [0.1, 0.15) is 11.1 Å². The van der Waals surface area contributed by atoms with E-state index in [1.165, 1.54) is 18.2 Å². The summed E-state index contributed by atoms with van der Waals surface area (Å²) in [5, 5.41) is 9.11. The summed E-state index contributed by atoms with van der Waals surface area (Å²) in [7, 11) is 0. The molecule has 0 aliphatic heterocycles. The van der Waals surface area contributed by atoms with Crippen LogP contribution in [0.25, 0.3) is 11.1 Å². The monoisotopic (exact) mass is 402 g/mol. The van der Waals surface area contributed by atoms with Gasteiger partial charge in [0, 0.05) is 0 Å². The fourth-order valence-electron chi connectivity index (χ4n) is 2.80. The van der Waals surface area contributed by atoms with Crippen LogP contribution in [-0.4, -0.2) is 17.4 Å². The quantitative estimate of drug-likeness (QED) is 0.570. The summed E-state index contributed by atoms with van der Waals surface area (Å²) in [6.45, 7) is 0.272. The maximum Gasteiger partial charge on any atom is 0.573 e. The standard InChI is InChI=1S/C22H17F3O4/c23-22(24,25)29-19-8-4-7-17(12-19)18-9-16(11-21(26)27)10-20(13-18)28-14-15-5-2-1-3-6-15/h1-10,12-13H,11,14H2,(H,26,27). The van der Waals surface area contributed by atoms with Crippen molar-refractivity contribution in [1.82, 2.24) is 0 Å². The Balaban J connectivity index is 1.91. The lowest BCUT2D eigenvalue weighted by Crippen LogP contribution is -2.17. The van der Waals surface area contributed by atoms with E-state index < -0.39 is 12.3 Å². The Kier molecular flexibility index (Phi) is 6.07. The fraction of sp³-hybridized carbons (Fsp3) is 0.136. The van der Waals surface area contributed by atoms with Gasteiger partial charge in [-0.05, 0) is 46.5 Å². The smallest absolute Gasteiger partial charge is 0.489 e. The second-order valence-electron chi connectivity index (χ2n) is 6.29. The molecule has 4 nitrogen and oxygen atoms in total. The van der Waals surface area contributed by atoms with Gasteiger partial charge >= 0.3 is 12.3 Å². The summed E-state index contributed by atoms with van der Waals surface area (Å²) >= 11 is 0. The van der Waals surface area contributed by atoms with E-state index in [0.717, 1.165) is 5.56 Å². The Bertz CT molecular complexity index is 985. The summed E-state index contributed by atoms with van der Waals surface area (Å²) < 4.78 is 47.3. The predicted octanol–water partition coefficient (Wildman–Crippen LogP) is 5.46. The van der Waals surface area contributed by atoms with E-state index in [2.05, 4.69) is 4.74 Å². The molecule has 0 unspecified atom stereocenters. The van der Waals surface area contributed by atoms with Crippen LogP contribution in [0, 0.1) is 0 Å². The summed E-state index contributed by atoms with van der Waals surface area (Å²) in [5.41, 5.74) is 2.38. The summed E-state index contributed by atoms with van der Waals surface area (Å²) in [4.78, 5) is 11.1. The molecule has 0 amide bonds. The van der Waals surface area contributed by atoms with Gasteiger partial charge in [-0.25, -0.2) is 0 Å². The van der Waals surface area contributed by atoms with Gasteiger partial charge in [-0.3, -0.25) is 4.79 Å². The van der Waals surface area contributed by atoms with Gasteiger partial charge in [0.1, 0.15) is 18.1 Å². The molecule has 3 aromatic carbocycles. The second-order valence-corrected chi connectivity index (χ2v) is 6.29. The maximum atomic E-state index is 12.5. The van der Waals surface area contributed by atoms with Gasteiger partial charge in [0.2, 0.25) is 0 Å². The molecule has 0 aliphatic rings. The van der Waals surface area contributed by atoms with Gasteiger partial charge in [0.15, 0.2) is 0 Å². The van der Waals surface area contributed by atoms with Gasteiger partial charge in [-0.1, -0.05) is 48.5 Å². The maximum absolute atomic E-state index is 12.5. The van der Waals surface area contributed by atoms with Gasteiger partial charge in [-0.15, -0.1) is 13.2 Å². The van der Waals surface area contributed by atoms with E-state index in [0.29, 0.717) is 22.4 Å². The lowest BCUT2D eigenvalue weighted by Gasteiger charge is -2.13. The first-order valence-electron chi connectivity index (χ1n) is 8.67. The van der Waals surface area contributed by atoms with E-state index >= 15 is 0 Å². The molecule has 0 heterocycles. The van der Waals surface area contributed by atoms with Crippen molar-refractivity contribution in [2.75, 3.05) is 0 Å². The molecule has 3 rings (SSSR count). The van der Waals surface area contributed by atoms with Crippen LogP contribution in [0.4, 0.5) is 13.2 Å². The number of halogens is 3. The molecule has 0 aromatic heterocycles. The Morgan fingerprint density at radius 3 is 2.24 bits per heavy atom. The van der Waals surface area contributed by atoms with Crippen LogP contribution < -0.4 is 9.47 Å². The molecule has 0 bridgehead atoms. The number of aliphatic carboxylic acids is 1. The van der Waals surface area contributed by atoms with Crippen molar-refractivity contribution >= 4 is 5.97 Å². The topological polar surface area (TPSA) is 55.8 Å². The Morgan fingerprint density at radius 2 is 1.55 bits per heavy atom. The minimum absolute atomic E-state index is 0.242. The first-order valence-corrected chi connectivity index (χ1v) is 8.67. The predicted molar refractivity (Wildman–Crippen MR) is 101 cm³/mol. The molecule has 7 heteroatoms. The first kappa shape index (κ1) is 20.3. The molecule has 0 saturated carbocycles. The number of benzene rings is 3. The van der Waals surface area contributed by atoms with Crippen molar-refractivity contribution in [1.29, 1.82) is 0 Å². The van der Waals surface area contributed by atoms with Crippen LogP contribution in [0.15, 0.2) is 72.8 Å². The minimum Gasteiger partial charge on any atom is -0.489 e. The average molecular weight is 402 g/mol. The summed E-state index contributed by atoms with van der Waals surface area (Å²) in [5.74, 6) is -0.958. The van der Waals surface area contributed by atoms with Crippen molar-refractivity contribution in [3.63, 3.8) is 0 Å². The van der Waals surface area contributed by atoms with Crippen molar-refractivity contribution < 1.29 is 32.5 Å². The number of hydrogen-bond donors (Lipinski definition) is 1. The van der Waals surface area contributed by atoms with Crippen LogP contribution in [0.5, 0.6) is 11.5 Å². The molecular formula is C22H17F3O4. The third-order valence-electron chi connectivity index (χ3n) is 3.97. The lowest BCUT2D eigenvalue weighted by molar-refractivity contribution is -0.274. The SMILES string of the molecule is O=C(O)Cc1cc(OCc2ccccc2)cc(-c2cccc(OC(F)(F)F)c2)c1. The third-order valence-corrected chi connectivity index (χ3v) is 3.97. The highest BCUT2D eigenvalue weighted by molar-refractivity contribution is 5.73. The summed E-state index contributed by atoms with van der Waals surface area (Å²) in [6.07, 6.45) is -5.04. The first-order chi connectivity index (χ1) is 13.8. The number of alkyl halides is 3. The minimum atomic E-state index is -4.80. The van der Waals surface area contributed by atoms with Crippen LogP contribution >= 0.6 is 0 Å². The fourth-order valence-corrected chi connectivity index (χ4v) is 2.80. The normalized spacial score (nSPS) is 11.1. The van der Waals surface area contributed by atoms with Crippen molar-refractivity contribution in [2.45, 2.75) is 19.4 Å². The molecule has 0 spiro atoms. The number of carbonyl (C=O) groups is 1.